The van der Waals surface area contributed by atoms with Crippen molar-refractivity contribution in [2.45, 2.75) is 59.3 Å². The van der Waals surface area contributed by atoms with Gasteiger partial charge < -0.3 is 26.6 Å². The van der Waals surface area contributed by atoms with Gasteiger partial charge in [-0.15, -0.1) is 0 Å². The third-order valence-corrected chi connectivity index (χ3v) is 7.37. The molecule has 2 atom stereocenters. The maximum Gasteiger partial charge on any atom is 0.239 e. The second-order valence-electron chi connectivity index (χ2n) is 11.0. The summed E-state index contributed by atoms with van der Waals surface area (Å²) in [7, 11) is 0. The number of likely N-dealkylation sites (tertiary alicyclic amines) is 2. The van der Waals surface area contributed by atoms with Crippen LogP contribution in [0.2, 0.25) is 0 Å². The molecular weight excluding hydrogens is 578 g/mol. The van der Waals surface area contributed by atoms with Crippen molar-refractivity contribution < 1.29 is 43.2 Å². The van der Waals surface area contributed by atoms with Gasteiger partial charge in [0.05, 0.1) is 19.6 Å². The maximum atomic E-state index is 12.3. The average Bonchev–Trinajstić information content (AvgIpc) is 3.42. The summed E-state index contributed by atoms with van der Waals surface area (Å²) in [4.78, 5) is 110. The van der Waals surface area contributed by atoms with Gasteiger partial charge in [-0.3, -0.25) is 53.0 Å². The number of carbonyl (C=O) groups excluding carboxylic acids is 9. The molecule has 0 saturated carbocycles. The fourth-order valence-corrected chi connectivity index (χ4v) is 4.69. The normalized spacial score (nSPS) is 18.1. The lowest BCUT2D eigenvalue weighted by molar-refractivity contribution is -0.141. The summed E-state index contributed by atoms with van der Waals surface area (Å²) in [6.07, 6.45) is 1.16. The molecule has 2 fully saturated rings. The zero-order valence-electron chi connectivity index (χ0n) is 25.5. The summed E-state index contributed by atoms with van der Waals surface area (Å²) in [6.45, 7) is 4.72. The smallest absolute Gasteiger partial charge is 0.239 e. The van der Waals surface area contributed by atoms with Crippen LogP contribution in [0.15, 0.2) is 0 Å². The number of nitrogens with one attached hydrogen (secondary N) is 5. The minimum absolute atomic E-state index is 0.000431. The molecule has 2 heterocycles. The van der Waals surface area contributed by atoms with Gasteiger partial charge in [0.15, 0.2) is 0 Å². The largest absolute Gasteiger partial charge is 0.354 e. The van der Waals surface area contributed by atoms with Crippen LogP contribution in [-0.4, -0.2) is 109 Å². The number of nitrogens with zero attached hydrogens (tertiary/aromatic N) is 2. The van der Waals surface area contributed by atoms with Crippen LogP contribution in [0, 0.1) is 17.8 Å². The second-order valence-corrected chi connectivity index (χ2v) is 11.0. The first-order chi connectivity index (χ1) is 20.8. The Labute approximate surface area is 255 Å². The average molecular weight is 622 g/mol. The van der Waals surface area contributed by atoms with Crippen molar-refractivity contribution >= 4 is 53.2 Å². The predicted molar refractivity (Wildman–Crippen MR) is 154 cm³/mol. The van der Waals surface area contributed by atoms with Crippen LogP contribution in [0.3, 0.4) is 0 Å². The first kappa shape index (κ1) is 35.8. The summed E-state index contributed by atoms with van der Waals surface area (Å²) in [5.74, 6) is -4.20. The Bertz CT molecular complexity index is 1140. The second kappa shape index (κ2) is 17.7. The zero-order valence-corrected chi connectivity index (χ0v) is 25.5. The molecule has 9 amide bonds. The van der Waals surface area contributed by atoms with E-state index in [0.29, 0.717) is 6.42 Å². The molecule has 16 nitrogen and oxygen atoms in total. The number of carbonyl (C=O) groups is 9. The Morgan fingerprint density at radius 2 is 1.16 bits per heavy atom. The molecule has 0 aromatic rings. The van der Waals surface area contributed by atoms with Crippen molar-refractivity contribution in [2.75, 3.05) is 45.8 Å². The van der Waals surface area contributed by atoms with E-state index >= 15 is 0 Å². The van der Waals surface area contributed by atoms with Crippen LogP contribution in [0.5, 0.6) is 0 Å². The van der Waals surface area contributed by atoms with Crippen LogP contribution < -0.4 is 26.6 Å². The summed E-state index contributed by atoms with van der Waals surface area (Å²) in [6, 6.07) is 0. The molecule has 244 valence electrons. The molecule has 2 unspecified atom stereocenters. The quantitative estimate of drug-likeness (QED) is 0.102. The number of amides is 9. The number of imide groups is 2. The highest BCUT2D eigenvalue weighted by atomic mass is 16.2. The van der Waals surface area contributed by atoms with Gasteiger partial charge in [-0.2, -0.15) is 0 Å². The SMILES string of the molecule is CCC1CC(=O)N(CCNC(=O)CCNC(=O)CNC(=O)CNC(=O)CNC(=O)CCCN2C(=O)CC(C(C)C)C2=O)C1=O. The van der Waals surface area contributed by atoms with E-state index in [0.717, 1.165) is 4.90 Å². The van der Waals surface area contributed by atoms with E-state index < -0.39 is 30.2 Å². The first-order valence-corrected chi connectivity index (χ1v) is 14.9. The Balaban J connectivity index is 1.49. The predicted octanol–water partition coefficient (Wildman–Crippen LogP) is -2.45. The lowest BCUT2D eigenvalue weighted by atomic mass is 9.94. The molecule has 2 aliphatic rings. The minimum Gasteiger partial charge on any atom is -0.354 e. The monoisotopic (exact) mass is 621 g/mol. The zero-order chi connectivity index (χ0) is 32.8. The molecule has 2 saturated heterocycles. The Morgan fingerprint density at radius 1 is 0.659 bits per heavy atom. The van der Waals surface area contributed by atoms with Crippen molar-refractivity contribution in [3.63, 3.8) is 0 Å². The van der Waals surface area contributed by atoms with E-state index in [2.05, 4.69) is 26.6 Å². The van der Waals surface area contributed by atoms with Crippen LogP contribution in [0.25, 0.3) is 0 Å². The third kappa shape index (κ3) is 11.4. The van der Waals surface area contributed by atoms with Gasteiger partial charge >= 0.3 is 0 Å². The highest BCUT2D eigenvalue weighted by Crippen LogP contribution is 2.26. The Kier molecular flexibility index (Phi) is 14.4. The van der Waals surface area contributed by atoms with Gasteiger partial charge in [-0.25, -0.2) is 0 Å². The van der Waals surface area contributed by atoms with E-state index in [4.69, 9.17) is 0 Å². The number of hydrogen-bond donors (Lipinski definition) is 5. The van der Waals surface area contributed by atoms with E-state index in [-0.39, 0.29) is 119 Å². The van der Waals surface area contributed by atoms with E-state index in [1.807, 2.05) is 20.8 Å². The van der Waals surface area contributed by atoms with Gasteiger partial charge in [-0.05, 0) is 18.8 Å². The van der Waals surface area contributed by atoms with E-state index in [1.165, 1.54) is 4.90 Å². The molecule has 2 aliphatic heterocycles. The van der Waals surface area contributed by atoms with Crippen molar-refractivity contribution in [1.29, 1.82) is 0 Å². The molecule has 0 radical (unpaired) electrons. The lowest BCUT2D eigenvalue weighted by Gasteiger charge is -2.16. The summed E-state index contributed by atoms with van der Waals surface area (Å²) < 4.78 is 0. The third-order valence-electron chi connectivity index (χ3n) is 7.37. The van der Waals surface area contributed by atoms with Crippen molar-refractivity contribution in [1.82, 2.24) is 36.4 Å². The van der Waals surface area contributed by atoms with Gasteiger partial charge in [0.1, 0.15) is 0 Å². The molecule has 0 bridgehead atoms. The summed E-state index contributed by atoms with van der Waals surface area (Å²) in [5, 5.41) is 12.1. The fraction of sp³-hybridized carbons (Fsp3) is 0.679. The Morgan fingerprint density at radius 3 is 1.70 bits per heavy atom. The molecule has 16 heteroatoms. The fourth-order valence-electron chi connectivity index (χ4n) is 4.69. The molecule has 44 heavy (non-hydrogen) atoms. The number of hydrogen-bond acceptors (Lipinski definition) is 9. The first-order valence-electron chi connectivity index (χ1n) is 14.9. The molecule has 2 rings (SSSR count). The van der Waals surface area contributed by atoms with Gasteiger partial charge in [0.25, 0.3) is 0 Å². The maximum absolute atomic E-state index is 12.3. The van der Waals surface area contributed by atoms with Crippen molar-refractivity contribution in [2.24, 2.45) is 17.8 Å². The molecular formula is C28H43N7O9. The van der Waals surface area contributed by atoms with E-state index in [1.54, 1.807) is 0 Å². The molecule has 5 N–H and O–H groups in total. The molecule has 0 spiro atoms. The number of rotatable bonds is 18. The minimum atomic E-state index is -0.645. The van der Waals surface area contributed by atoms with Gasteiger partial charge in [0, 0.05) is 63.7 Å². The summed E-state index contributed by atoms with van der Waals surface area (Å²) >= 11 is 0. The topological polar surface area (TPSA) is 220 Å². The molecule has 0 aromatic carbocycles. The summed E-state index contributed by atoms with van der Waals surface area (Å²) in [5.41, 5.74) is 0. The van der Waals surface area contributed by atoms with Crippen LogP contribution >= 0.6 is 0 Å². The van der Waals surface area contributed by atoms with Crippen molar-refractivity contribution in [3.05, 3.63) is 0 Å². The van der Waals surface area contributed by atoms with Crippen LogP contribution in [-0.2, 0) is 43.2 Å². The molecule has 0 aliphatic carbocycles. The highest BCUT2D eigenvalue weighted by Gasteiger charge is 2.39. The van der Waals surface area contributed by atoms with Gasteiger partial charge in [-0.1, -0.05) is 20.8 Å². The lowest BCUT2D eigenvalue weighted by Crippen LogP contribution is -2.44. The Hall–Kier alpha value is -4.37. The van der Waals surface area contributed by atoms with Gasteiger partial charge in [0.2, 0.25) is 53.2 Å². The van der Waals surface area contributed by atoms with Crippen LogP contribution in [0.1, 0.15) is 59.3 Å². The van der Waals surface area contributed by atoms with E-state index in [9.17, 15) is 43.2 Å². The molecule has 0 aromatic heterocycles. The standard InChI is InChI=1S/C28H43N7O9/c1-4-18-12-25(41)35(27(18)43)11-9-30-21(37)7-8-29-22(38)14-32-24(40)16-33-23(39)15-31-20(36)6-5-10-34-26(42)13-19(17(2)3)28(34)44/h17-19H,4-16H2,1-3H3,(H,29,38)(H,30,37)(H,31,36)(H,32,40)(H,33,39). The highest BCUT2D eigenvalue weighted by molar-refractivity contribution is 6.04. The van der Waals surface area contributed by atoms with Crippen LogP contribution in [0.4, 0.5) is 0 Å². The van der Waals surface area contributed by atoms with Crippen molar-refractivity contribution in [3.8, 4) is 0 Å².